The van der Waals surface area contributed by atoms with Gasteiger partial charge in [-0.05, 0) is 59.7 Å². The molecule has 0 radical (unpaired) electrons. The van der Waals surface area contributed by atoms with Crippen LogP contribution in [-0.4, -0.2) is 45.2 Å². The summed E-state index contributed by atoms with van der Waals surface area (Å²) in [5.41, 5.74) is 6.78. The van der Waals surface area contributed by atoms with Crippen molar-refractivity contribution in [3.8, 4) is 23.0 Å². The van der Waals surface area contributed by atoms with Crippen molar-refractivity contribution < 1.29 is 0 Å². The molecule has 0 bridgehead atoms. The summed E-state index contributed by atoms with van der Waals surface area (Å²) in [6.07, 6.45) is 3.81. The van der Waals surface area contributed by atoms with Crippen molar-refractivity contribution in [1.29, 1.82) is 0 Å². The number of hydrogen-bond acceptors (Lipinski definition) is 4. The van der Waals surface area contributed by atoms with E-state index in [1.807, 2.05) is 12.4 Å². The van der Waals surface area contributed by atoms with Crippen molar-refractivity contribution in [2.24, 2.45) is 0 Å². The van der Waals surface area contributed by atoms with Crippen molar-refractivity contribution in [2.45, 2.75) is 39.3 Å². The van der Waals surface area contributed by atoms with Crippen molar-refractivity contribution in [3.05, 3.63) is 109 Å². The van der Waals surface area contributed by atoms with Crippen LogP contribution in [0.3, 0.4) is 0 Å². The predicted octanol–water partition coefficient (Wildman–Crippen LogP) is 8.22. The third kappa shape index (κ3) is 4.59. The van der Waals surface area contributed by atoms with Gasteiger partial charge in [-0.3, -0.25) is 9.13 Å². The topological polar surface area (TPSA) is 61.4 Å². The van der Waals surface area contributed by atoms with E-state index >= 15 is 0 Å². The second-order valence-corrected chi connectivity index (χ2v) is 24.2. The standard InChI is InChI=1S/C38H36N6Si2/c1-45(2,3)35-19-21-39-37(41-35)43-31-13-9-7-11-27(31)29-23-25(15-17-33(29)43)26-16-18-34-30(24-26)28-12-8-10-14-32(28)44(34)38-40-22-20-36(42-38)46(4,5)6/h7-24H,1-6H3. The molecule has 0 aliphatic carbocycles. The van der Waals surface area contributed by atoms with E-state index in [2.05, 4.69) is 145 Å². The van der Waals surface area contributed by atoms with Gasteiger partial charge in [0.25, 0.3) is 0 Å². The molecule has 8 heteroatoms. The molecule has 0 spiro atoms. The molecule has 0 unspecified atom stereocenters. The van der Waals surface area contributed by atoms with Gasteiger partial charge in [0, 0.05) is 44.6 Å². The number of rotatable bonds is 5. The van der Waals surface area contributed by atoms with Gasteiger partial charge in [0.1, 0.15) is 16.1 Å². The predicted molar refractivity (Wildman–Crippen MR) is 198 cm³/mol. The van der Waals surface area contributed by atoms with Gasteiger partial charge in [-0.15, -0.1) is 0 Å². The molecule has 4 aromatic carbocycles. The molecule has 0 saturated heterocycles. The zero-order chi connectivity index (χ0) is 31.8. The number of nitrogens with zero attached hydrogens (tertiary/aromatic N) is 6. The summed E-state index contributed by atoms with van der Waals surface area (Å²) in [7, 11) is -3.22. The molecule has 6 nitrogen and oxygen atoms in total. The van der Waals surface area contributed by atoms with Crippen LogP contribution in [0.1, 0.15) is 0 Å². The summed E-state index contributed by atoms with van der Waals surface area (Å²) in [5.74, 6) is 1.46. The van der Waals surface area contributed by atoms with Gasteiger partial charge in [-0.2, -0.15) is 0 Å². The van der Waals surface area contributed by atoms with Crippen molar-refractivity contribution in [3.63, 3.8) is 0 Å². The van der Waals surface area contributed by atoms with Crippen LogP contribution in [0.4, 0.5) is 0 Å². The van der Waals surface area contributed by atoms with E-state index < -0.39 is 16.1 Å². The molecule has 4 heterocycles. The molecule has 0 amide bonds. The Balaban J connectivity index is 1.31. The van der Waals surface area contributed by atoms with Crippen LogP contribution in [0.25, 0.3) is 66.6 Å². The van der Waals surface area contributed by atoms with Crippen LogP contribution in [-0.2, 0) is 0 Å². The maximum absolute atomic E-state index is 5.08. The zero-order valence-electron chi connectivity index (χ0n) is 27.1. The second kappa shape index (κ2) is 10.3. The van der Waals surface area contributed by atoms with E-state index in [4.69, 9.17) is 19.9 Å². The fraction of sp³-hybridized carbons (Fsp3) is 0.158. The highest BCUT2D eigenvalue weighted by Gasteiger charge is 2.23. The summed E-state index contributed by atoms with van der Waals surface area (Å²) in [6, 6.07) is 34.8. The lowest BCUT2D eigenvalue weighted by Gasteiger charge is -2.16. The smallest absolute Gasteiger partial charge is 0.234 e. The number of para-hydroxylation sites is 2. The van der Waals surface area contributed by atoms with Crippen LogP contribution >= 0.6 is 0 Å². The first-order chi connectivity index (χ1) is 22.1. The molecule has 4 aromatic heterocycles. The Kier molecular flexibility index (Phi) is 6.39. The largest absolute Gasteiger partial charge is 0.278 e. The summed E-state index contributed by atoms with van der Waals surface area (Å²) < 4.78 is 4.42. The number of hydrogen-bond donors (Lipinski definition) is 0. The van der Waals surface area contributed by atoms with Crippen LogP contribution in [0.5, 0.6) is 0 Å². The van der Waals surface area contributed by atoms with Gasteiger partial charge in [0.05, 0.1) is 22.1 Å². The molecule has 0 aliphatic rings. The number of fused-ring (bicyclic) bond motifs is 6. The third-order valence-electron chi connectivity index (χ3n) is 8.90. The highest BCUT2D eigenvalue weighted by molar-refractivity contribution is 6.88. The van der Waals surface area contributed by atoms with E-state index in [-0.39, 0.29) is 0 Å². The van der Waals surface area contributed by atoms with Crippen LogP contribution in [0.15, 0.2) is 109 Å². The lowest BCUT2D eigenvalue weighted by molar-refractivity contribution is 0.998. The Bertz CT molecular complexity index is 2290. The first-order valence-corrected chi connectivity index (χ1v) is 22.8. The molecule has 0 fully saturated rings. The van der Waals surface area contributed by atoms with Gasteiger partial charge < -0.3 is 0 Å². The SMILES string of the molecule is C[Si](C)(C)c1ccnc(-n2c3ccccc3c3cc(-c4ccc5c(c4)c4ccccc4n5-c4nccc([Si](C)(C)C)n4)ccc32)n1. The van der Waals surface area contributed by atoms with E-state index in [0.29, 0.717) is 0 Å². The van der Waals surface area contributed by atoms with Gasteiger partial charge in [0.15, 0.2) is 0 Å². The third-order valence-corrected chi connectivity index (χ3v) is 12.5. The monoisotopic (exact) mass is 632 g/mol. The molecule has 8 rings (SSSR count). The Hall–Kier alpha value is -4.93. The summed E-state index contributed by atoms with van der Waals surface area (Å²) in [4.78, 5) is 19.7. The maximum Gasteiger partial charge on any atom is 0.234 e. The Labute approximate surface area is 270 Å². The lowest BCUT2D eigenvalue weighted by atomic mass is 10.0. The highest BCUT2D eigenvalue weighted by atomic mass is 28.3. The average molecular weight is 633 g/mol. The van der Waals surface area contributed by atoms with E-state index in [9.17, 15) is 0 Å². The van der Waals surface area contributed by atoms with Gasteiger partial charge >= 0.3 is 0 Å². The van der Waals surface area contributed by atoms with Crippen LogP contribution in [0.2, 0.25) is 39.3 Å². The quantitative estimate of drug-likeness (QED) is 0.179. The number of aromatic nitrogens is 6. The average Bonchev–Trinajstić information content (AvgIpc) is 3.56. The fourth-order valence-electron chi connectivity index (χ4n) is 6.48. The lowest BCUT2D eigenvalue weighted by Crippen LogP contribution is -2.40. The Morgan fingerprint density at radius 3 is 1.24 bits per heavy atom. The van der Waals surface area contributed by atoms with Crippen LogP contribution in [0, 0.1) is 0 Å². The van der Waals surface area contributed by atoms with E-state index in [0.717, 1.165) is 44.6 Å². The van der Waals surface area contributed by atoms with Crippen LogP contribution < -0.4 is 10.6 Å². The molecule has 0 atom stereocenters. The van der Waals surface area contributed by atoms with Gasteiger partial charge in [0.2, 0.25) is 11.9 Å². The number of benzene rings is 4. The Morgan fingerprint density at radius 2 is 0.826 bits per heavy atom. The Morgan fingerprint density at radius 1 is 0.435 bits per heavy atom. The minimum atomic E-state index is -1.61. The van der Waals surface area contributed by atoms with Crippen molar-refractivity contribution in [2.75, 3.05) is 0 Å². The van der Waals surface area contributed by atoms with E-state index in [1.165, 1.54) is 32.7 Å². The minimum absolute atomic E-state index is 0.730. The molecule has 8 aromatic rings. The summed E-state index contributed by atoms with van der Waals surface area (Å²) in [6.45, 7) is 13.9. The normalized spacial score (nSPS) is 12.6. The molecule has 0 N–H and O–H groups in total. The van der Waals surface area contributed by atoms with E-state index in [1.54, 1.807) is 0 Å². The summed E-state index contributed by atoms with van der Waals surface area (Å²) in [5, 5.41) is 7.08. The molecule has 0 aliphatic heterocycles. The summed E-state index contributed by atoms with van der Waals surface area (Å²) >= 11 is 0. The van der Waals surface area contributed by atoms with Gasteiger partial charge in [-0.25, -0.2) is 19.9 Å². The van der Waals surface area contributed by atoms with Crippen molar-refractivity contribution in [1.82, 2.24) is 29.1 Å². The molecular formula is C38H36N6Si2. The maximum atomic E-state index is 5.08. The molecule has 226 valence electrons. The molecular weight excluding hydrogens is 597 g/mol. The fourth-order valence-corrected chi connectivity index (χ4v) is 8.50. The molecule has 0 saturated carbocycles. The second-order valence-electron chi connectivity index (χ2n) is 14.2. The first-order valence-electron chi connectivity index (χ1n) is 15.8. The molecule has 46 heavy (non-hydrogen) atoms. The van der Waals surface area contributed by atoms with Crippen molar-refractivity contribution >= 4 is 70.4 Å². The zero-order valence-corrected chi connectivity index (χ0v) is 29.1. The van der Waals surface area contributed by atoms with Gasteiger partial charge in [-0.1, -0.05) is 87.8 Å². The highest BCUT2D eigenvalue weighted by Crippen LogP contribution is 2.37. The first kappa shape index (κ1) is 28.5. The minimum Gasteiger partial charge on any atom is -0.278 e.